The summed E-state index contributed by atoms with van der Waals surface area (Å²) in [6.45, 7) is 2.91. The smallest absolute Gasteiger partial charge is 0.278 e. The first-order valence-electron chi connectivity index (χ1n) is 10.9. The van der Waals surface area contributed by atoms with Crippen molar-refractivity contribution in [3.8, 4) is 11.1 Å². The van der Waals surface area contributed by atoms with Gasteiger partial charge in [0.05, 0.1) is 5.75 Å². The van der Waals surface area contributed by atoms with Gasteiger partial charge in [-0.1, -0.05) is 67.6 Å². The molecular weight excluding hydrogens is 439 g/mol. The van der Waals surface area contributed by atoms with Crippen LogP contribution in [0.5, 0.6) is 0 Å². The molecule has 0 aliphatic rings. The first kappa shape index (κ1) is 22.8. The molecule has 170 valence electrons. The number of carbonyl (C=O) groups excluding carboxylic acids is 1. The summed E-state index contributed by atoms with van der Waals surface area (Å²) in [5.41, 5.74) is 3.57. The number of thioether (sulfide) groups is 1. The first-order chi connectivity index (χ1) is 16.1. The predicted octanol–water partition coefficient (Wildman–Crippen LogP) is 4.74. The Kier molecular flexibility index (Phi) is 7.24. The molecular formula is C25H25FN4O2S. The molecule has 33 heavy (non-hydrogen) atoms. The van der Waals surface area contributed by atoms with Crippen LogP contribution in [-0.2, 0) is 17.9 Å². The fraction of sp³-hybridized carbons (Fsp3) is 0.240. The van der Waals surface area contributed by atoms with Crippen molar-refractivity contribution in [2.24, 2.45) is 0 Å². The van der Waals surface area contributed by atoms with Crippen LogP contribution in [-0.4, -0.2) is 26.2 Å². The number of rotatable bonds is 9. The topological polar surface area (TPSA) is 79.8 Å². The maximum atomic E-state index is 13.2. The predicted molar refractivity (Wildman–Crippen MR) is 130 cm³/mol. The molecule has 0 fully saturated rings. The number of fused-ring (bicyclic) bond motifs is 1. The van der Waals surface area contributed by atoms with Crippen LogP contribution >= 0.6 is 11.8 Å². The molecule has 2 aromatic carbocycles. The fourth-order valence-corrected chi connectivity index (χ4v) is 4.37. The molecule has 0 saturated carbocycles. The second kappa shape index (κ2) is 10.5. The summed E-state index contributed by atoms with van der Waals surface area (Å²) in [6.07, 6.45) is 3.58. The molecule has 4 aromatic rings. The third-order valence-corrected chi connectivity index (χ3v) is 6.28. The Bertz CT molecular complexity index is 1300. The molecule has 8 heteroatoms. The van der Waals surface area contributed by atoms with Crippen LogP contribution in [0.4, 0.5) is 4.39 Å². The number of aromatic nitrogens is 3. The van der Waals surface area contributed by atoms with Crippen molar-refractivity contribution in [3.63, 3.8) is 0 Å². The first-order valence-corrected chi connectivity index (χ1v) is 11.9. The molecule has 0 saturated heterocycles. The Morgan fingerprint density at radius 3 is 2.64 bits per heavy atom. The monoisotopic (exact) mass is 464 g/mol. The van der Waals surface area contributed by atoms with Gasteiger partial charge in [-0.3, -0.25) is 14.2 Å². The van der Waals surface area contributed by atoms with E-state index in [4.69, 9.17) is 4.98 Å². The van der Waals surface area contributed by atoms with Crippen molar-refractivity contribution in [2.45, 2.75) is 38.0 Å². The third-order valence-electron chi connectivity index (χ3n) is 5.31. The van der Waals surface area contributed by atoms with E-state index >= 15 is 0 Å². The highest BCUT2D eigenvalue weighted by Gasteiger charge is 2.17. The zero-order chi connectivity index (χ0) is 23.2. The van der Waals surface area contributed by atoms with Gasteiger partial charge >= 0.3 is 0 Å². The van der Waals surface area contributed by atoms with Crippen molar-refractivity contribution in [3.05, 3.63) is 82.5 Å². The summed E-state index contributed by atoms with van der Waals surface area (Å²) in [5.74, 6) is -0.374. The van der Waals surface area contributed by atoms with Gasteiger partial charge in [0.1, 0.15) is 16.9 Å². The number of nitrogens with zero attached hydrogens (tertiary/aromatic N) is 2. The van der Waals surface area contributed by atoms with E-state index in [2.05, 4.69) is 17.2 Å². The zero-order valence-corrected chi connectivity index (χ0v) is 19.1. The van der Waals surface area contributed by atoms with E-state index < -0.39 is 0 Å². The number of unbranched alkanes of at least 4 members (excludes halogenated alkanes) is 1. The van der Waals surface area contributed by atoms with E-state index in [1.54, 1.807) is 16.7 Å². The SMILES string of the molecule is CCCCn1c(SCC(=O)NCc2ccc(F)cc2)nc2c(-c3ccccc3)c[nH]c2c1=O. The van der Waals surface area contributed by atoms with Crippen LogP contribution in [0.25, 0.3) is 22.2 Å². The second-order valence-electron chi connectivity index (χ2n) is 7.69. The average Bonchev–Trinajstić information content (AvgIpc) is 3.26. The maximum absolute atomic E-state index is 13.2. The lowest BCUT2D eigenvalue weighted by Gasteiger charge is -2.12. The molecule has 4 rings (SSSR count). The van der Waals surface area contributed by atoms with Gasteiger partial charge in [0.2, 0.25) is 5.91 Å². The standard InChI is InChI=1S/C25H25FN4O2S/c1-2-3-13-30-24(32)23-22(20(15-28-23)18-7-5-4-6-8-18)29-25(30)33-16-21(31)27-14-17-9-11-19(26)12-10-17/h4-12,15,28H,2-3,13-14,16H2,1H3,(H,27,31). The molecule has 0 spiro atoms. The molecule has 2 N–H and O–H groups in total. The van der Waals surface area contributed by atoms with Crippen molar-refractivity contribution >= 4 is 28.7 Å². The number of amides is 1. The molecule has 0 atom stereocenters. The number of nitrogens with one attached hydrogen (secondary N) is 2. The molecule has 0 unspecified atom stereocenters. The number of H-pyrrole nitrogens is 1. The average molecular weight is 465 g/mol. The highest BCUT2D eigenvalue weighted by molar-refractivity contribution is 7.99. The summed E-state index contributed by atoms with van der Waals surface area (Å²) >= 11 is 1.25. The molecule has 0 aliphatic heterocycles. The Balaban J connectivity index is 1.57. The maximum Gasteiger partial charge on any atom is 0.278 e. The number of benzene rings is 2. The molecule has 2 aromatic heterocycles. The van der Waals surface area contributed by atoms with Gasteiger partial charge in [0, 0.05) is 24.8 Å². The van der Waals surface area contributed by atoms with E-state index in [0.29, 0.717) is 29.3 Å². The van der Waals surface area contributed by atoms with Gasteiger partial charge in [-0.2, -0.15) is 0 Å². The molecule has 2 heterocycles. The minimum Gasteiger partial charge on any atom is -0.355 e. The molecule has 6 nitrogen and oxygen atoms in total. The number of hydrogen-bond acceptors (Lipinski definition) is 4. The summed E-state index contributed by atoms with van der Waals surface area (Å²) in [5, 5.41) is 3.35. The van der Waals surface area contributed by atoms with E-state index in [9.17, 15) is 14.0 Å². The number of halogens is 1. The van der Waals surface area contributed by atoms with Crippen LogP contribution in [0.3, 0.4) is 0 Å². The van der Waals surface area contributed by atoms with E-state index in [0.717, 1.165) is 29.5 Å². The normalized spacial score (nSPS) is 11.1. The van der Waals surface area contributed by atoms with Gasteiger partial charge in [0.25, 0.3) is 5.56 Å². The van der Waals surface area contributed by atoms with E-state index in [1.165, 1.54) is 23.9 Å². The van der Waals surface area contributed by atoms with Crippen LogP contribution in [0.1, 0.15) is 25.3 Å². The number of carbonyl (C=O) groups is 1. The molecule has 0 bridgehead atoms. The quantitative estimate of drug-likeness (QED) is 0.277. The van der Waals surface area contributed by atoms with Crippen molar-refractivity contribution in [1.29, 1.82) is 0 Å². The van der Waals surface area contributed by atoms with Crippen molar-refractivity contribution < 1.29 is 9.18 Å². The third kappa shape index (κ3) is 5.34. The van der Waals surface area contributed by atoms with Gasteiger partial charge in [-0.05, 0) is 29.7 Å². The van der Waals surface area contributed by atoms with Gasteiger partial charge in [-0.15, -0.1) is 0 Å². The highest BCUT2D eigenvalue weighted by Crippen LogP contribution is 2.27. The Hall–Kier alpha value is -3.39. The van der Waals surface area contributed by atoms with E-state index in [1.807, 2.05) is 36.5 Å². The minimum absolute atomic E-state index is 0.121. The lowest BCUT2D eigenvalue weighted by molar-refractivity contribution is -0.118. The summed E-state index contributed by atoms with van der Waals surface area (Å²) in [6, 6.07) is 15.8. The molecule has 0 aliphatic carbocycles. The summed E-state index contributed by atoms with van der Waals surface area (Å²) in [4.78, 5) is 33.6. The summed E-state index contributed by atoms with van der Waals surface area (Å²) < 4.78 is 14.7. The fourth-order valence-electron chi connectivity index (χ4n) is 3.52. The number of hydrogen-bond donors (Lipinski definition) is 2. The van der Waals surface area contributed by atoms with Gasteiger partial charge in [-0.25, -0.2) is 9.37 Å². The Labute approximate surface area is 195 Å². The molecule has 0 radical (unpaired) electrons. The largest absolute Gasteiger partial charge is 0.355 e. The molecule has 1 amide bonds. The van der Waals surface area contributed by atoms with Crippen LogP contribution in [0, 0.1) is 5.82 Å². The Morgan fingerprint density at radius 2 is 1.91 bits per heavy atom. The minimum atomic E-state index is -0.313. The second-order valence-corrected chi connectivity index (χ2v) is 8.63. The van der Waals surface area contributed by atoms with Crippen molar-refractivity contribution in [1.82, 2.24) is 19.9 Å². The van der Waals surface area contributed by atoms with Gasteiger partial charge < -0.3 is 10.3 Å². The van der Waals surface area contributed by atoms with Gasteiger partial charge in [0.15, 0.2) is 5.16 Å². The van der Waals surface area contributed by atoms with Crippen molar-refractivity contribution in [2.75, 3.05) is 5.75 Å². The zero-order valence-electron chi connectivity index (χ0n) is 18.3. The van der Waals surface area contributed by atoms with Crippen LogP contribution in [0.2, 0.25) is 0 Å². The lowest BCUT2D eigenvalue weighted by atomic mass is 10.1. The van der Waals surface area contributed by atoms with E-state index in [-0.39, 0.29) is 23.0 Å². The summed E-state index contributed by atoms with van der Waals surface area (Å²) in [7, 11) is 0. The number of aromatic amines is 1. The Morgan fingerprint density at radius 1 is 1.15 bits per heavy atom. The van der Waals surface area contributed by atoms with Crippen LogP contribution in [0.15, 0.2) is 70.7 Å². The highest BCUT2D eigenvalue weighted by atomic mass is 32.2. The van der Waals surface area contributed by atoms with Crippen LogP contribution < -0.4 is 10.9 Å². The lowest BCUT2D eigenvalue weighted by Crippen LogP contribution is -2.27.